The van der Waals surface area contributed by atoms with E-state index in [1.165, 1.54) is 26.4 Å². The summed E-state index contributed by atoms with van der Waals surface area (Å²) < 4.78 is 39.5. The fourth-order valence-electron chi connectivity index (χ4n) is 2.07. The van der Waals surface area contributed by atoms with E-state index in [9.17, 15) is 13.6 Å². The molecule has 0 bridgehead atoms. The molecule has 0 aliphatic rings. The van der Waals surface area contributed by atoms with Crippen molar-refractivity contribution >= 4 is 18.3 Å². The second kappa shape index (κ2) is 10.2. The van der Waals surface area contributed by atoms with E-state index in [0.717, 1.165) is 0 Å². The third-order valence-electron chi connectivity index (χ3n) is 3.94. The summed E-state index contributed by atoms with van der Waals surface area (Å²) in [5, 5.41) is 2.74. The molecule has 0 spiro atoms. The van der Waals surface area contributed by atoms with Crippen LogP contribution in [0.25, 0.3) is 0 Å². The van der Waals surface area contributed by atoms with Crippen LogP contribution in [-0.2, 0) is 0 Å². The van der Waals surface area contributed by atoms with Crippen molar-refractivity contribution in [3.63, 3.8) is 0 Å². The first-order chi connectivity index (χ1) is 11.3. The minimum Gasteiger partial charge on any atom is -0.493 e. The molecule has 0 atom stereocenters. The van der Waals surface area contributed by atoms with Gasteiger partial charge in [-0.3, -0.25) is 4.79 Å². The molecule has 144 valence electrons. The van der Waals surface area contributed by atoms with Gasteiger partial charge in [0.1, 0.15) is 0 Å². The molecule has 0 radical (unpaired) electrons. The zero-order valence-electron chi connectivity index (χ0n) is 14.7. The van der Waals surface area contributed by atoms with Gasteiger partial charge < -0.3 is 25.3 Å². The van der Waals surface area contributed by atoms with Gasteiger partial charge in [0.05, 0.1) is 14.2 Å². The van der Waals surface area contributed by atoms with Gasteiger partial charge in [-0.15, -0.1) is 12.4 Å². The number of hydrogen-bond donors (Lipinski definition) is 2. The van der Waals surface area contributed by atoms with Crippen LogP contribution in [0.5, 0.6) is 17.2 Å². The first-order valence-corrected chi connectivity index (χ1v) is 7.58. The van der Waals surface area contributed by atoms with Gasteiger partial charge in [-0.2, -0.15) is 8.78 Å². The van der Waals surface area contributed by atoms with E-state index in [0.29, 0.717) is 19.4 Å². The molecule has 0 saturated heterocycles. The summed E-state index contributed by atoms with van der Waals surface area (Å²) in [7, 11) is 2.57. The van der Waals surface area contributed by atoms with E-state index >= 15 is 0 Å². The van der Waals surface area contributed by atoms with Crippen LogP contribution in [0, 0.1) is 0 Å². The number of halogens is 3. The maximum absolute atomic E-state index is 12.5. The number of hydrogen-bond acceptors (Lipinski definition) is 5. The molecule has 0 heterocycles. The molecule has 1 aromatic carbocycles. The minimum absolute atomic E-state index is 0. The number of rotatable bonds is 9. The first-order valence-electron chi connectivity index (χ1n) is 7.58. The molecule has 0 unspecified atom stereocenters. The number of alkyl halides is 2. The molecule has 1 amide bonds. The van der Waals surface area contributed by atoms with Crippen LogP contribution in [0.4, 0.5) is 8.78 Å². The van der Waals surface area contributed by atoms with E-state index < -0.39 is 18.1 Å². The summed E-state index contributed by atoms with van der Waals surface area (Å²) in [5.41, 5.74) is 5.84. The highest BCUT2D eigenvalue weighted by atomic mass is 35.5. The van der Waals surface area contributed by atoms with Gasteiger partial charge in [-0.25, -0.2) is 0 Å². The monoisotopic (exact) mass is 382 g/mol. The smallest absolute Gasteiger partial charge is 0.387 e. The van der Waals surface area contributed by atoms with Crippen LogP contribution in [0.3, 0.4) is 0 Å². The van der Waals surface area contributed by atoms with Crippen LogP contribution in [0.2, 0.25) is 0 Å². The fraction of sp³-hybridized carbons (Fsp3) is 0.562. The number of ether oxygens (including phenoxy) is 3. The number of benzene rings is 1. The molecule has 3 N–H and O–H groups in total. The van der Waals surface area contributed by atoms with Crippen LogP contribution >= 0.6 is 12.4 Å². The number of carbonyl (C=O) groups is 1. The summed E-state index contributed by atoms with van der Waals surface area (Å²) in [6.45, 7) is 1.13. The number of nitrogens with two attached hydrogens (primary N) is 1. The quantitative estimate of drug-likeness (QED) is 0.686. The van der Waals surface area contributed by atoms with Crippen molar-refractivity contribution < 1.29 is 27.8 Å². The molecule has 0 saturated carbocycles. The Hall–Kier alpha value is -1.80. The molecule has 0 fully saturated rings. The number of carbonyl (C=O) groups excluding carboxylic acids is 1. The SMILES string of the molecule is CCC(N)(CC)CNC(=O)c1cc(OC)c(OC(F)F)c(OC)c1.Cl. The van der Waals surface area contributed by atoms with E-state index in [1.54, 1.807) is 0 Å². The Morgan fingerprint density at radius 1 is 1.20 bits per heavy atom. The Balaban J connectivity index is 0.00000576. The van der Waals surface area contributed by atoms with Gasteiger partial charge in [0, 0.05) is 17.6 Å². The van der Waals surface area contributed by atoms with Crippen LogP contribution in [0.1, 0.15) is 37.0 Å². The minimum atomic E-state index is -3.04. The highest BCUT2D eigenvalue weighted by molar-refractivity contribution is 5.95. The van der Waals surface area contributed by atoms with Gasteiger partial charge in [0.2, 0.25) is 5.75 Å². The topological polar surface area (TPSA) is 82.8 Å². The van der Waals surface area contributed by atoms with Crippen molar-refractivity contribution in [2.24, 2.45) is 5.73 Å². The third-order valence-corrected chi connectivity index (χ3v) is 3.94. The molecule has 0 aliphatic heterocycles. The summed E-state index contributed by atoms with van der Waals surface area (Å²) in [4.78, 5) is 12.3. The van der Waals surface area contributed by atoms with Crippen LogP contribution < -0.4 is 25.3 Å². The van der Waals surface area contributed by atoms with Gasteiger partial charge in [0.25, 0.3) is 5.91 Å². The normalized spacial score (nSPS) is 10.9. The van der Waals surface area contributed by atoms with E-state index in [4.69, 9.17) is 15.2 Å². The van der Waals surface area contributed by atoms with Crippen molar-refractivity contribution in [3.05, 3.63) is 17.7 Å². The Morgan fingerprint density at radius 2 is 1.68 bits per heavy atom. The van der Waals surface area contributed by atoms with Gasteiger partial charge in [-0.05, 0) is 25.0 Å². The molecule has 0 aliphatic carbocycles. The average molecular weight is 383 g/mol. The average Bonchev–Trinajstić information content (AvgIpc) is 2.58. The lowest BCUT2D eigenvalue weighted by Crippen LogP contribution is -2.49. The van der Waals surface area contributed by atoms with E-state index in [-0.39, 0.29) is 35.2 Å². The van der Waals surface area contributed by atoms with Crippen LogP contribution in [-0.4, -0.2) is 38.8 Å². The van der Waals surface area contributed by atoms with Crippen molar-refractivity contribution in [1.82, 2.24) is 5.32 Å². The molecule has 25 heavy (non-hydrogen) atoms. The fourth-order valence-corrected chi connectivity index (χ4v) is 2.07. The molecule has 6 nitrogen and oxygen atoms in total. The molecule has 9 heteroatoms. The lowest BCUT2D eigenvalue weighted by atomic mass is 9.94. The van der Waals surface area contributed by atoms with Crippen LogP contribution in [0.15, 0.2) is 12.1 Å². The Morgan fingerprint density at radius 3 is 2.04 bits per heavy atom. The summed E-state index contributed by atoms with van der Waals surface area (Å²) >= 11 is 0. The second-order valence-corrected chi connectivity index (χ2v) is 5.34. The molecule has 1 rings (SSSR count). The number of nitrogens with one attached hydrogen (secondary N) is 1. The van der Waals surface area contributed by atoms with Crippen molar-refractivity contribution in [3.8, 4) is 17.2 Å². The highest BCUT2D eigenvalue weighted by Gasteiger charge is 2.23. The summed E-state index contributed by atoms with van der Waals surface area (Å²) in [6.07, 6.45) is 1.41. The largest absolute Gasteiger partial charge is 0.493 e. The molecular weight excluding hydrogens is 358 g/mol. The van der Waals surface area contributed by atoms with Crippen molar-refractivity contribution in [1.29, 1.82) is 0 Å². The zero-order valence-corrected chi connectivity index (χ0v) is 15.5. The standard InChI is InChI=1S/C16H24F2N2O4.ClH/c1-5-16(19,6-2)9-20-14(21)10-7-11(22-3)13(24-15(17)18)12(8-10)23-4;/h7-8,15H,5-6,9,19H2,1-4H3,(H,20,21);1H. The van der Waals surface area contributed by atoms with E-state index in [2.05, 4.69) is 10.1 Å². The lowest BCUT2D eigenvalue weighted by Gasteiger charge is -2.26. The highest BCUT2D eigenvalue weighted by Crippen LogP contribution is 2.39. The van der Waals surface area contributed by atoms with Gasteiger partial charge in [0.15, 0.2) is 11.5 Å². The summed E-state index contributed by atoms with van der Waals surface area (Å²) in [5.74, 6) is -0.719. The number of amides is 1. The molecular formula is C16H25ClF2N2O4. The summed E-state index contributed by atoms with van der Waals surface area (Å²) in [6, 6.07) is 2.62. The lowest BCUT2D eigenvalue weighted by molar-refractivity contribution is -0.0526. The van der Waals surface area contributed by atoms with E-state index in [1.807, 2.05) is 13.8 Å². The molecule has 1 aromatic rings. The van der Waals surface area contributed by atoms with Crippen molar-refractivity contribution in [2.75, 3.05) is 20.8 Å². The Bertz CT molecular complexity index is 544. The zero-order chi connectivity index (χ0) is 18.3. The maximum Gasteiger partial charge on any atom is 0.387 e. The third kappa shape index (κ3) is 6.21. The Labute approximate surface area is 152 Å². The van der Waals surface area contributed by atoms with Gasteiger partial charge in [-0.1, -0.05) is 13.8 Å². The Kier molecular flexibility index (Phi) is 9.51. The van der Waals surface area contributed by atoms with Crippen molar-refractivity contribution in [2.45, 2.75) is 38.8 Å². The second-order valence-electron chi connectivity index (χ2n) is 5.34. The predicted molar refractivity (Wildman–Crippen MR) is 93.3 cm³/mol. The first kappa shape index (κ1) is 23.2. The predicted octanol–water partition coefficient (Wildman–Crippen LogP) is 2.97. The molecule has 0 aromatic heterocycles. The number of methoxy groups -OCH3 is 2. The maximum atomic E-state index is 12.5. The van der Waals surface area contributed by atoms with Gasteiger partial charge >= 0.3 is 6.61 Å².